The number of hydrogen-bond donors (Lipinski definition) is 0. The Hall–Kier alpha value is -1.88. The Bertz CT molecular complexity index is 625. The Labute approximate surface area is 130 Å². The molecule has 0 atom stereocenters. The SMILES string of the molecule is Cc1cc(C)cc(N(C)c2nc(Cl)nc(OC(C)C)n2)c1. The van der Waals surface area contributed by atoms with Crippen molar-refractivity contribution in [2.24, 2.45) is 0 Å². The fraction of sp³-hybridized carbons (Fsp3) is 0.400. The van der Waals surface area contributed by atoms with Crippen molar-refractivity contribution in [3.05, 3.63) is 34.6 Å². The lowest BCUT2D eigenvalue weighted by molar-refractivity contribution is 0.221. The molecule has 0 aliphatic rings. The van der Waals surface area contributed by atoms with Gasteiger partial charge in [-0.15, -0.1) is 0 Å². The zero-order valence-electron chi connectivity index (χ0n) is 12.9. The van der Waals surface area contributed by atoms with Gasteiger partial charge in [0.1, 0.15) is 0 Å². The van der Waals surface area contributed by atoms with Crippen molar-refractivity contribution in [2.45, 2.75) is 33.8 Å². The van der Waals surface area contributed by atoms with E-state index < -0.39 is 0 Å². The van der Waals surface area contributed by atoms with E-state index in [1.165, 1.54) is 11.1 Å². The van der Waals surface area contributed by atoms with E-state index in [1.807, 2.05) is 25.8 Å². The highest BCUT2D eigenvalue weighted by Crippen LogP contribution is 2.24. The third-order valence-corrected chi connectivity index (χ3v) is 2.98. The third kappa shape index (κ3) is 4.04. The first-order chi connectivity index (χ1) is 9.85. The molecule has 0 aliphatic carbocycles. The monoisotopic (exact) mass is 306 g/mol. The molecule has 0 spiro atoms. The van der Waals surface area contributed by atoms with E-state index in [2.05, 4.69) is 47.0 Å². The molecule has 0 fully saturated rings. The number of benzene rings is 1. The minimum Gasteiger partial charge on any atom is -0.461 e. The molecule has 0 aliphatic heterocycles. The number of aromatic nitrogens is 3. The van der Waals surface area contributed by atoms with Crippen LogP contribution in [0.25, 0.3) is 0 Å². The molecule has 5 nitrogen and oxygen atoms in total. The van der Waals surface area contributed by atoms with Gasteiger partial charge in [-0.2, -0.15) is 15.0 Å². The maximum absolute atomic E-state index is 5.96. The second-order valence-electron chi connectivity index (χ2n) is 5.26. The Morgan fingerprint density at radius 2 is 1.67 bits per heavy atom. The van der Waals surface area contributed by atoms with Crippen molar-refractivity contribution in [1.29, 1.82) is 0 Å². The summed E-state index contributed by atoms with van der Waals surface area (Å²) in [4.78, 5) is 14.3. The number of aryl methyl sites for hydroxylation is 2. The third-order valence-electron chi connectivity index (χ3n) is 2.81. The van der Waals surface area contributed by atoms with Gasteiger partial charge in [-0.25, -0.2) is 0 Å². The van der Waals surface area contributed by atoms with Crippen LogP contribution in [0.1, 0.15) is 25.0 Å². The zero-order chi connectivity index (χ0) is 15.6. The summed E-state index contributed by atoms with van der Waals surface area (Å²) in [5, 5.41) is 0.117. The van der Waals surface area contributed by atoms with Crippen LogP contribution < -0.4 is 9.64 Å². The lowest BCUT2D eigenvalue weighted by Crippen LogP contribution is -2.16. The molecular formula is C15H19ClN4O. The molecule has 21 heavy (non-hydrogen) atoms. The molecule has 2 rings (SSSR count). The minimum absolute atomic E-state index is 0.0252. The molecule has 0 amide bonds. The number of anilines is 2. The summed E-state index contributed by atoms with van der Waals surface area (Å²) in [7, 11) is 1.89. The lowest BCUT2D eigenvalue weighted by atomic mass is 10.1. The number of nitrogens with zero attached hydrogens (tertiary/aromatic N) is 4. The van der Waals surface area contributed by atoms with Gasteiger partial charge in [-0.3, -0.25) is 0 Å². The van der Waals surface area contributed by atoms with Gasteiger partial charge in [-0.05, 0) is 62.6 Å². The van der Waals surface area contributed by atoms with Crippen molar-refractivity contribution in [1.82, 2.24) is 15.0 Å². The van der Waals surface area contributed by atoms with Gasteiger partial charge >= 0.3 is 6.01 Å². The molecule has 1 aromatic carbocycles. The van der Waals surface area contributed by atoms with Crippen LogP contribution in [0.15, 0.2) is 18.2 Å². The van der Waals surface area contributed by atoms with Crippen molar-refractivity contribution >= 4 is 23.2 Å². The topological polar surface area (TPSA) is 51.1 Å². The molecule has 1 aromatic heterocycles. The molecule has 0 bridgehead atoms. The van der Waals surface area contributed by atoms with Crippen LogP contribution >= 0.6 is 11.6 Å². The first-order valence-corrected chi connectivity index (χ1v) is 7.13. The van der Waals surface area contributed by atoms with Crippen molar-refractivity contribution in [3.63, 3.8) is 0 Å². The summed E-state index contributed by atoms with van der Waals surface area (Å²) in [6.07, 6.45) is -0.0252. The lowest BCUT2D eigenvalue weighted by Gasteiger charge is -2.19. The van der Waals surface area contributed by atoms with Crippen molar-refractivity contribution in [2.75, 3.05) is 11.9 Å². The van der Waals surface area contributed by atoms with Gasteiger partial charge in [0, 0.05) is 12.7 Å². The highest BCUT2D eigenvalue weighted by Gasteiger charge is 2.13. The van der Waals surface area contributed by atoms with E-state index >= 15 is 0 Å². The van der Waals surface area contributed by atoms with Crippen LogP contribution in [0.3, 0.4) is 0 Å². The maximum Gasteiger partial charge on any atom is 0.322 e. The Kier molecular flexibility index (Phi) is 4.63. The summed E-state index contributed by atoms with van der Waals surface area (Å²) in [6.45, 7) is 7.92. The van der Waals surface area contributed by atoms with E-state index in [1.54, 1.807) is 0 Å². The van der Waals surface area contributed by atoms with E-state index in [0.717, 1.165) is 5.69 Å². The first kappa shape index (κ1) is 15.5. The average Bonchev–Trinajstić information content (AvgIpc) is 2.35. The van der Waals surface area contributed by atoms with Crippen LogP contribution in [0, 0.1) is 13.8 Å². The molecule has 0 unspecified atom stereocenters. The maximum atomic E-state index is 5.96. The molecule has 0 radical (unpaired) electrons. The summed E-state index contributed by atoms with van der Waals surface area (Å²) >= 11 is 5.96. The van der Waals surface area contributed by atoms with E-state index in [4.69, 9.17) is 16.3 Å². The first-order valence-electron chi connectivity index (χ1n) is 6.75. The number of ether oxygens (including phenoxy) is 1. The van der Waals surface area contributed by atoms with E-state index in [9.17, 15) is 0 Å². The molecule has 112 valence electrons. The van der Waals surface area contributed by atoms with Gasteiger partial charge in [-0.1, -0.05) is 6.07 Å². The van der Waals surface area contributed by atoms with Gasteiger partial charge in [0.15, 0.2) is 0 Å². The predicted octanol–water partition coefficient (Wildman–Crippen LogP) is 3.70. The van der Waals surface area contributed by atoms with Gasteiger partial charge in [0.2, 0.25) is 11.2 Å². The van der Waals surface area contributed by atoms with E-state index in [-0.39, 0.29) is 17.4 Å². The molecule has 2 aromatic rings. The van der Waals surface area contributed by atoms with Gasteiger partial charge in [0.25, 0.3) is 0 Å². The Morgan fingerprint density at radius 1 is 1.05 bits per heavy atom. The van der Waals surface area contributed by atoms with Gasteiger partial charge in [0.05, 0.1) is 6.10 Å². The number of rotatable bonds is 4. The fourth-order valence-electron chi connectivity index (χ4n) is 2.00. The summed E-state index contributed by atoms with van der Waals surface area (Å²) < 4.78 is 5.50. The Balaban J connectivity index is 2.38. The zero-order valence-corrected chi connectivity index (χ0v) is 13.6. The average molecular weight is 307 g/mol. The van der Waals surface area contributed by atoms with Crippen molar-refractivity contribution < 1.29 is 4.74 Å². The summed E-state index contributed by atoms with van der Waals surface area (Å²) in [5.41, 5.74) is 3.34. The Morgan fingerprint density at radius 3 is 2.24 bits per heavy atom. The highest BCUT2D eigenvalue weighted by molar-refractivity contribution is 6.28. The standard InChI is InChI=1S/C15H19ClN4O/c1-9(2)21-15-18-13(16)17-14(19-15)20(5)12-7-10(3)6-11(4)8-12/h6-9H,1-5H3. The highest BCUT2D eigenvalue weighted by atomic mass is 35.5. The second kappa shape index (κ2) is 6.26. The largest absolute Gasteiger partial charge is 0.461 e. The summed E-state index contributed by atoms with van der Waals surface area (Å²) in [5.74, 6) is 0.454. The molecular weight excluding hydrogens is 288 g/mol. The number of halogens is 1. The van der Waals surface area contributed by atoms with Crippen LogP contribution in [0.4, 0.5) is 11.6 Å². The normalized spacial score (nSPS) is 10.8. The van der Waals surface area contributed by atoms with Crippen LogP contribution in [0.5, 0.6) is 6.01 Å². The fourth-order valence-corrected chi connectivity index (χ4v) is 2.14. The molecule has 6 heteroatoms. The predicted molar refractivity (Wildman–Crippen MR) is 84.6 cm³/mol. The quantitative estimate of drug-likeness (QED) is 0.862. The van der Waals surface area contributed by atoms with E-state index in [0.29, 0.717) is 5.95 Å². The van der Waals surface area contributed by atoms with Crippen LogP contribution in [-0.2, 0) is 0 Å². The number of hydrogen-bond acceptors (Lipinski definition) is 5. The molecule has 0 saturated heterocycles. The second-order valence-corrected chi connectivity index (χ2v) is 5.60. The van der Waals surface area contributed by atoms with Gasteiger partial charge < -0.3 is 9.64 Å². The molecule has 1 heterocycles. The smallest absolute Gasteiger partial charge is 0.322 e. The summed E-state index contributed by atoms with van der Waals surface area (Å²) in [6, 6.07) is 6.48. The molecule has 0 N–H and O–H groups in total. The van der Waals surface area contributed by atoms with Crippen LogP contribution in [0.2, 0.25) is 5.28 Å². The van der Waals surface area contributed by atoms with Crippen molar-refractivity contribution in [3.8, 4) is 6.01 Å². The molecule has 0 saturated carbocycles. The minimum atomic E-state index is -0.0252. The van der Waals surface area contributed by atoms with Crippen LogP contribution in [-0.4, -0.2) is 28.1 Å².